The number of aromatic nitrogens is 2. The fourth-order valence-corrected chi connectivity index (χ4v) is 4.28. The Hall–Kier alpha value is -2.87. The van der Waals surface area contributed by atoms with Crippen molar-refractivity contribution in [2.24, 2.45) is 0 Å². The van der Waals surface area contributed by atoms with Crippen molar-refractivity contribution >= 4 is 39.5 Å². The average Bonchev–Trinajstić information content (AvgIpc) is 3.07. The van der Waals surface area contributed by atoms with Gasteiger partial charge in [0, 0.05) is 37.4 Å². The Morgan fingerprint density at radius 3 is 2.75 bits per heavy atom. The number of hydrogen-bond donors (Lipinski definition) is 2. The molecule has 0 amide bonds. The van der Waals surface area contributed by atoms with Crippen LogP contribution >= 0.6 is 11.3 Å². The minimum atomic E-state index is -1.21. The average molecular weight is 398 g/mol. The molecule has 0 aliphatic carbocycles. The maximum absolute atomic E-state index is 10.7. The van der Waals surface area contributed by atoms with E-state index in [2.05, 4.69) is 35.3 Å². The Morgan fingerprint density at radius 2 is 2.04 bits per heavy atom. The zero-order valence-electron chi connectivity index (χ0n) is 15.6. The number of benzene rings is 1. The molecule has 0 unspecified atom stereocenters. The van der Waals surface area contributed by atoms with E-state index < -0.39 is 6.16 Å². The van der Waals surface area contributed by atoms with Crippen molar-refractivity contribution in [1.82, 2.24) is 9.97 Å². The predicted molar refractivity (Wildman–Crippen MR) is 110 cm³/mol. The van der Waals surface area contributed by atoms with E-state index in [9.17, 15) is 4.79 Å². The van der Waals surface area contributed by atoms with Gasteiger partial charge in [-0.05, 0) is 18.6 Å². The summed E-state index contributed by atoms with van der Waals surface area (Å²) in [5, 5.41) is 13.3. The topological polar surface area (TPSA) is 87.6 Å². The smallest absolute Gasteiger partial charge is 0.450 e. The number of carbonyl (C=O) groups is 1. The number of nitrogens with one attached hydrogen (secondary N) is 1. The van der Waals surface area contributed by atoms with Crippen molar-refractivity contribution in [2.75, 3.05) is 23.3 Å². The summed E-state index contributed by atoms with van der Waals surface area (Å²) in [7, 11) is 0. The predicted octanol–water partition coefficient (Wildman–Crippen LogP) is 4.28. The minimum absolute atomic E-state index is 0.253. The van der Waals surface area contributed by atoms with Crippen molar-refractivity contribution in [1.29, 1.82) is 0 Å². The zero-order valence-corrected chi connectivity index (χ0v) is 16.4. The van der Waals surface area contributed by atoms with E-state index in [1.165, 1.54) is 10.4 Å². The van der Waals surface area contributed by atoms with Gasteiger partial charge in [0.25, 0.3) is 0 Å². The molecule has 7 nitrogen and oxygen atoms in total. The summed E-state index contributed by atoms with van der Waals surface area (Å²) in [5.74, 6) is 1.51. The normalized spacial score (nSPS) is 15.0. The molecule has 0 bridgehead atoms. The maximum Gasteiger partial charge on any atom is 0.506 e. The van der Waals surface area contributed by atoms with Gasteiger partial charge < -0.3 is 20.1 Å². The van der Waals surface area contributed by atoms with Crippen LogP contribution in [0.5, 0.6) is 0 Å². The summed E-state index contributed by atoms with van der Waals surface area (Å²) in [4.78, 5) is 24.5. The van der Waals surface area contributed by atoms with Crippen LogP contribution in [0.25, 0.3) is 10.2 Å². The number of anilines is 2. The van der Waals surface area contributed by atoms with Crippen molar-refractivity contribution in [3.8, 4) is 0 Å². The van der Waals surface area contributed by atoms with Crippen LogP contribution in [0.2, 0.25) is 0 Å². The van der Waals surface area contributed by atoms with Gasteiger partial charge in [-0.2, -0.15) is 4.98 Å². The second-order valence-electron chi connectivity index (χ2n) is 6.86. The molecule has 28 heavy (non-hydrogen) atoms. The third-order valence-corrected chi connectivity index (χ3v) is 5.74. The zero-order chi connectivity index (χ0) is 19.5. The monoisotopic (exact) mass is 398 g/mol. The second-order valence-corrected chi connectivity index (χ2v) is 8.09. The Morgan fingerprint density at radius 1 is 1.29 bits per heavy atom. The molecular formula is C20H22N4O3S. The fourth-order valence-electron chi connectivity index (χ4n) is 3.40. The van der Waals surface area contributed by atoms with Crippen molar-refractivity contribution in [2.45, 2.75) is 32.4 Å². The molecular weight excluding hydrogens is 376 g/mol. The first-order chi connectivity index (χ1) is 13.6. The molecule has 8 heteroatoms. The number of aryl methyl sites for hydroxylation is 1. The molecule has 4 rings (SSSR count). The van der Waals surface area contributed by atoms with Crippen molar-refractivity contribution in [3.05, 3.63) is 46.8 Å². The van der Waals surface area contributed by atoms with Crippen LogP contribution in [0.15, 0.2) is 36.4 Å². The maximum atomic E-state index is 10.7. The van der Waals surface area contributed by atoms with E-state index in [-0.39, 0.29) is 6.10 Å². The third kappa shape index (κ3) is 4.17. The van der Waals surface area contributed by atoms with E-state index in [4.69, 9.17) is 19.8 Å². The molecule has 146 valence electrons. The molecule has 0 saturated carbocycles. The van der Waals surface area contributed by atoms with E-state index >= 15 is 0 Å². The lowest BCUT2D eigenvalue weighted by atomic mass is 10.1. The van der Waals surface area contributed by atoms with E-state index in [1.54, 1.807) is 11.3 Å². The molecule has 2 N–H and O–H groups in total. The number of carboxylic acid groups (broad SMARTS) is 1. The van der Waals surface area contributed by atoms with Gasteiger partial charge >= 0.3 is 6.16 Å². The minimum Gasteiger partial charge on any atom is -0.450 e. The Balaban J connectivity index is 1.55. The molecule has 1 aliphatic heterocycles. The molecule has 2 aromatic heterocycles. The highest BCUT2D eigenvalue weighted by Crippen LogP contribution is 2.31. The molecule has 1 saturated heterocycles. The quantitative estimate of drug-likeness (QED) is 0.620. The molecule has 3 aromatic rings. The SMILES string of the molecule is Cc1cc2c(NCc3ccccc3)nc(N3CCC(OC(=O)O)CC3)nc2s1. The number of fused-ring (bicyclic) bond motifs is 1. The van der Waals surface area contributed by atoms with Gasteiger partial charge in [-0.3, -0.25) is 0 Å². The highest BCUT2D eigenvalue weighted by molar-refractivity contribution is 7.18. The summed E-state index contributed by atoms with van der Waals surface area (Å²) in [6.45, 7) is 4.11. The summed E-state index contributed by atoms with van der Waals surface area (Å²) < 4.78 is 4.90. The summed E-state index contributed by atoms with van der Waals surface area (Å²) in [5.41, 5.74) is 1.19. The van der Waals surface area contributed by atoms with Gasteiger partial charge in [0.1, 0.15) is 16.8 Å². The Bertz CT molecular complexity index is 968. The second kappa shape index (κ2) is 8.02. The third-order valence-electron chi connectivity index (χ3n) is 4.80. The molecule has 0 spiro atoms. The van der Waals surface area contributed by atoms with Gasteiger partial charge in [0.2, 0.25) is 5.95 Å². The van der Waals surface area contributed by atoms with Crippen molar-refractivity contribution < 1.29 is 14.6 Å². The number of nitrogens with zero attached hydrogens (tertiary/aromatic N) is 3. The number of piperidine rings is 1. The first kappa shape index (κ1) is 18.5. The molecule has 0 atom stereocenters. The lowest BCUT2D eigenvalue weighted by Crippen LogP contribution is -2.38. The van der Waals surface area contributed by atoms with Crippen LogP contribution in [-0.4, -0.2) is 40.4 Å². The number of ether oxygens (including phenoxy) is 1. The highest BCUT2D eigenvalue weighted by Gasteiger charge is 2.24. The van der Waals surface area contributed by atoms with E-state index in [1.807, 2.05) is 18.2 Å². The molecule has 0 radical (unpaired) electrons. The highest BCUT2D eigenvalue weighted by atomic mass is 32.1. The van der Waals surface area contributed by atoms with Crippen molar-refractivity contribution in [3.63, 3.8) is 0 Å². The molecule has 1 aromatic carbocycles. The largest absolute Gasteiger partial charge is 0.506 e. The lowest BCUT2D eigenvalue weighted by molar-refractivity contribution is 0.0415. The van der Waals surface area contributed by atoms with E-state index in [0.29, 0.717) is 38.4 Å². The summed E-state index contributed by atoms with van der Waals surface area (Å²) in [6.07, 6.45) is -0.178. The molecule has 1 aliphatic rings. The van der Waals surface area contributed by atoms with E-state index in [0.717, 1.165) is 16.0 Å². The summed E-state index contributed by atoms with van der Waals surface area (Å²) in [6, 6.07) is 12.3. The number of rotatable bonds is 5. The first-order valence-corrected chi connectivity index (χ1v) is 10.1. The molecule has 3 heterocycles. The van der Waals surface area contributed by atoms with Crippen LogP contribution in [-0.2, 0) is 11.3 Å². The lowest BCUT2D eigenvalue weighted by Gasteiger charge is -2.31. The first-order valence-electron chi connectivity index (χ1n) is 9.29. The summed E-state index contributed by atoms with van der Waals surface area (Å²) >= 11 is 1.65. The standard InChI is InChI=1S/C20H22N4O3S/c1-13-11-16-17(21-12-14-5-3-2-4-6-14)22-19(23-18(16)28-13)24-9-7-15(8-10-24)27-20(25)26/h2-6,11,15H,7-10,12H2,1H3,(H,25,26)(H,21,22,23). The van der Waals surface area contributed by atoms with Gasteiger partial charge in [-0.15, -0.1) is 11.3 Å². The van der Waals surface area contributed by atoms with Gasteiger partial charge in [-0.1, -0.05) is 30.3 Å². The van der Waals surface area contributed by atoms with Crippen LogP contribution < -0.4 is 10.2 Å². The van der Waals surface area contributed by atoms with Crippen LogP contribution in [0.3, 0.4) is 0 Å². The van der Waals surface area contributed by atoms with Crippen LogP contribution in [0.4, 0.5) is 16.6 Å². The van der Waals surface area contributed by atoms with Crippen LogP contribution in [0, 0.1) is 6.92 Å². The van der Waals surface area contributed by atoms with Gasteiger partial charge in [0.15, 0.2) is 0 Å². The fraction of sp³-hybridized carbons (Fsp3) is 0.350. The van der Waals surface area contributed by atoms with Gasteiger partial charge in [-0.25, -0.2) is 9.78 Å². The van der Waals surface area contributed by atoms with Gasteiger partial charge in [0.05, 0.1) is 5.39 Å². The number of hydrogen-bond acceptors (Lipinski definition) is 7. The number of thiophene rings is 1. The molecule has 1 fully saturated rings. The van der Waals surface area contributed by atoms with Crippen LogP contribution in [0.1, 0.15) is 23.3 Å². The Labute approximate surface area is 167 Å². The Kier molecular flexibility index (Phi) is 5.29.